The van der Waals surface area contributed by atoms with Crippen molar-refractivity contribution in [1.29, 1.82) is 0 Å². The fourth-order valence-corrected chi connectivity index (χ4v) is 1.68. The zero-order valence-electron chi connectivity index (χ0n) is 11.0. The summed E-state index contributed by atoms with van der Waals surface area (Å²) >= 11 is 0. The minimum Gasteiger partial charge on any atom is -0.494 e. The summed E-state index contributed by atoms with van der Waals surface area (Å²) in [5, 5.41) is 3.26. The molecule has 96 valence electrons. The van der Waals surface area contributed by atoms with Crippen molar-refractivity contribution in [2.45, 2.75) is 32.7 Å². The average Bonchev–Trinajstić information content (AvgIpc) is 2.35. The van der Waals surface area contributed by atoms with Gasteiger partial charge in [0.1, 0.15) is 18.1 Å². The molecule has 0 fully saturated rings. The van der Waals surface area contributed by atoms with Crippen LogP contribution in [0.2, 0.25) is 0 Å². The van der Waals surface area contributed by atoms with Gasteiger partial charge >= 0.3 is 0 Å². The first kappa shape index (κ1) is 13.8. The number of hydrogen-bond acceptors (Lipinski definition) is 3. The summed E-state index contributed by atoms with van der Waals surface area (Å²) < 4.78 is 11.2. The van der Waals surface area contributed by atoms with Crippen LogP contribution in [-0.4, -0.2) is 26.3 Å². The molecule has 1 unspecified atom stereocenters. The van der Waals surface area contributed by atoms with Crippen LogP contribution in [0.1, 0.15) is 26.7 Å². The van der Waals surface area contributed by atoms with Crippen molar-refractivity contribution in [2.24, 2.45) is 0 Å². The Morgan fingerprint density at radius 1 is 1.18 bits per heavy atom. The van der Waals surface area contributed by atoms with Gasteiger partial charge in [-0.3, -0.25) is 0 Å². The highest BCUT2D eigenvalue weighted by Crippen LogP contribution is 2.19. The molecular weight excluding hydrogens is 214 g/mol. The van der Waals surface area contributed by atoms with Crippen molar-refractivity contribution in [2.75, 3.05) is 20.3 Å². The summed E-state index contributed by atoms with van der Waals surface area (Å²) in [4.78, 5) is 0. The van der Waals surface area contributed by atoms with Gasteiger partial charge in [0.05, 0.1) is 6.61 Å². The molecular formula is C14H23NO2. The highest BCUT2D eigenvalue weighted by molar-refractivity contribution is 5.32. The third kappa shape index (κ3) is 5.09. The number of nitrogens with one attached hydrogen (secondary N) is 1. The van der Waals surface area contributed by atoms with Crippen LogP contribution in [0.3, 0.4) is 0 Å². The molecule has 0 heterocycles. The molecule has 0 aliphatic heterocycles. The van der Waals surface area contributed by atoms with E-state index in [2.05, 4.69) is 12.2 Å². The maximum absolute atomic E-state index is 5.76. The third-order valence-corrected chi connectivity index (χ3v) is 2.61. The van der Waals surface area contributed by atoms with Gasteiger partial charge in [0.25, 0.3) is 0 Å². The second-order valence-electron chi connectivity index (χ2n) is 3.99. The first-order chi connectivity index (χ1) is 8.30. The third-order valence-electron chi connectivity index (χ3n) is 2.61. The summed E-state index contributed by atoms with van der Waals surface area (Å²) in [6.45, 7) is 5.53. The molecule has 0 saturated heterocycles. The Hall–Kier alpha value is -1.22. The van der Waals surface area contributed by atoms with Crippen molar-refractivity contribution < 1.29 is 9.47 Å². The van der Waals surface area contributed by atoms with Crippen molar-refractivity contribution in [3.05, 3.63) is 24.3 Å². The summed E-state index contributed by atoms with van der Waals surface area (Å²) in [6, 6.07) is 8.20. The fraction of sp³-hybridized carbons (Fsp3) is 0.571. The molecule has 0 aliphatic rings. The monoisotopic (exact) mass is 237 g/mol. The van der Waals surface area contributed by atoms with E-state index in [4.69, 9.17) is 9.47 Å². The fourth-order valence-electron chi connectivity index (χ4n) is 1.68. The van der Waals surface area contributed by atoms with Crippen LogP contribution in [0.25, 0.3) is 0 Å². The van der Waals surface area contributed by atoms with E-state index in [0.29, 0.717) is 19.3 Å². The van der Waals surface area contributed by atoms with Gasteiger partial charge in [0, 0.05) is 12.1 Å². The standard InChI is InChI=1S/C14H23NO2/c1-4-7-12(15-3)11-17-14-9-6-8-13(10-14)16-5-2/h6,8-10,12,15H,4-5,7,11H2,1-3H3. The quantitative estimate of drug-likeness (QED) is 0.754. The normalized spacial score (nSPS) is 12.2. The van der Waals surface area contributed by atoms with Crippen LogP contribution in [0.4, 0.5) is 0 Å². The Morgan fingerprint density at radius 2 is 1.88 bits per heavy atom. The van der Waals surface area contributed by atoms with Gasteiger partial charge in [-0.25, -0.2) is 0 Å². The summed E-state index contributed by atoms with van der Waals surface area (Å²) in [6.07, 6.45) is 2.29. The molecule has 0 radical (unpaired) electrons. The molecule has 0 aromatic heterocycles. The molecule has 0 spiro atoms. The lowest BCUT2D eigenvalue weighted by atomic mass is 10.2. The van der Waals surface area contributed by atoms with Crippen molar-refractivity contribution in [3.8, 4) is 11.5 Å². The first-order valence-electron chi connectivity index (χ1n) is 6.33. The molecule has 0 bridgehead atoms. The van der Waals surface area contributed by atoms with E-state index >= 15 is 0 Å². The minimum absolute atomic E-state index is 0.413. The van der Waals surface area contributed by atoms with Gasteiger partial charge in [-0.15, -0.1) is 0 Å². The van der Waals surface area contributed by atoms with E-state index in [1.54, 1.807) is 0 Å². The first-order valence-corrected chi connectivity index (χ1v) is 6.33. The van der Waals surface area contributed by atoms with Crippen LogP contribution in [0, 0.1) is 0 Å². The van der Waals surface area contributed by atoms with Gasteiger partial charge in [0.15, 0.2) is 0 Å². The van der Waals surface area contributed by atoms with Crippen LogP contribution < -0.4 is 14.8 Å². The van der Waals surface area contributed by atoms with Gasteiger partial charge in [0.2, 0.25) is 0 Å². The van der Waals surface area contributed by atoms with Gasteiger partial charge in [-0.2, -0.15) is 0 Å². The van der Waals surface area contributed by atoms with E-state index < -0.39 is 0 Å². The largest absolute Gasteiger partial charge is 0.494 e. The minimum atomic E-state index is 0.413. The van der Waals surface area contributed by atoms with Gasteiger partial charge < -0.3 is 14.8 Å². The van der Waals surface area contributed by atoms with E-state index in [1.165, 1.54) is 0 Å². The Labute approximate surface area is 104 Å². The van der Waals surface area contributed by atoms with Gasteiger partial charge in [-0.1, -0.05) is 19.4 Å². The topological polar surface area (TPSA) is 30.5 Å². The van der Waals surface area contributed by atoms with Crippen LogP contribution in [-0.2, 0) is 0 Å². The molecule has 1 aromatic carbocycles. The lowest BCUT2D eigenvalue weighted by molar-refractivity contribution is 0.260. The molecule has 1 rings (SSSR count). The molecule has 0 saturated carbocycles. The van der Waals surface area contributed by atoms with Crippen LogP contribution in [0.5, 0.6) is 11.5 Å². The zero-order chi connectivity index (χ0) is 12.5. The van der Waals surface area contributed by atoms with E-state index in [0.717, 1.165) is 24.3 Å². The molecule has 3 nitrogen and oxygen atoms in total. The Kier molecular flexibility index (Phi) is 6.48. The maximum atomic E-state index is 5.76. The van der Waals surface area contributed by atoms with E-state index in [1.807, 2.05) is 38.2 Å². The number of benzene rings is 1. The number of likely N-dealkylation sites (N-methyl/N-ethyl adjacent to an activating group) is 1. The predicted octanol–water partition coefficient (Wildman–Crippen LogP) is 2.85. The zero-order valence-corrected chi connectivity index (χ0v) is 11.0. The summed E-state index contributed by atoms with van der Waals surface area (Å²) in [5.74, 6) is 1.73. The van der Waals surface area contributed by atoms with E-state index in [-0.39, 0.29) is 0 Å². The molecule has 1 atom stereocenters. The highest BCUT2D eigenvalue weighted by Gasteiger charge is 2.05. The Morgan fingerprint density at radius 3 is 2.47 bits per heavy atom. The van der Waals surface area contributed by atoms with Crippen molar-refractivity contribution in [3.63, 3.8) is 0 Å². The lowest BCUT2D eigenvalue weighted by Crippen LogP contribution is -2.31. The predicted molar refractivity (Wildman–Crippen MR) is 70.9 cm³/mol. The maximum Gasteiger partial charge on any atom is 0.123 e. The second-order valence-corrected chi connectivity index (χ2v) is 3.99. The van der Waals surface area contributed by atoms with Crippen molar-refractivity contribution in [1.82, 2.24) is 5.32 Å². The average molecular weight is 237 g/mol. The van der Waals surface area contributed by atoms with Crippen molar-refractivity contribution >= 4 is 0 Å². The number of rotatable bonds is 8. The molecule has 0 aliphatic carbocycles. The smallest absolute Gasteiger partial charge is 0.123 e. The second kappa shape index (κ2) is 7.96. The van der Waals surface area contributed by atoms with E-state index in [9.17, 15) is 0 Å². The van der Waals surface area contributed by atoms with Crippen LogP contribution >= 0.6 is 0 Å². The molecule has 3 heteroatoms. The Bertz CT molecular complexity index is 315. The molecule has 0 amide bonds. The Balaban J connectivity index is 2.47. The SMILES string of the molecule is CCCC(COc1cccc(OCC)c1)NC. The molecule has 1 N–H and O–H groups in total. The summed E-state index contributed by atoms with van der Waals surface area (Å²) in [7, 11) is 1.97. The number of hydrogen-bond donors (Lipinski definition) is 1. The van der Waals surface area contributed by atoms with Gasteiger partial charge in [-0.05, 0) is 32.5 Å². The summed E-state index contributed by atoms with van der Waals surface area (Å²) in [5.41, 5.74) is 0. The molecule has 1 aromatic rings. The molecule has 17 heavy (non-hydrogen) atoms. The van der Waals surface area contributed by atoms with Crippen LogP contribution in [0.15, 0.2) is 24.3 Å². The lowest BCUT2D eigenvalue weighted by Gasteiger charge is -2.16. The number of ether oxygens (including phenoxy) is 2. The highest BCUT2D eigenvalue weighted by atomic mass is 16.5.